The van der Waals surface area contributed by atoms with Gasteiger partial charge in [-0.25, -0.2) is 0 Å². The largest absolute Gasteiger partial charge is 0.466 e. The Balaban J connectivity index is 2.57. The van der Waals surface area contributed by atoms with Gasteiger partial charge < -0.3 is 14.8 Å². The van der Waals surface area contributed by atoms with Crippen LogP contribution in [0.3, 0.4) is 0 Å². The summed E-state index contributed by atoms with van der Waals surface area (Å²) in [5.41, 5.74) is 0.374. The van der Waals surface area contributed by atoms with E-state index in [9.17, 15) is 14.4 Å². The summed E-state index contributed by atoms with van der Waals surface area (Å²) in [6, 6.07) is 8.57. The predicted molar refractivity (Wildman–Crippen MR) is 136 cm³/mol. The Morgan fingerprint density at radius 2 is 1.69 bits per heavy atom. The van der Waals surface area contributed by atoms with Crippen LogP contribution in [0.15, 0.2) is 30.3 Å². The summed E-state index contributed by atoms with van der Waals surface area (Å²) >= 11 is 0. The van der Waals surface area contributed by atoms with Crippen LogP contribution >= 0.6 is 0 Å². The molecule has 0 spiro atoms. The fourth-order valence-corrected chi connectivity index (χ4v) is 5.09. The van der Waals surface area contributed by atoms with Gasteiger partial charge in [-0.15, -0.1) is 0 Å². The van der Waals surface area contributed by atoms with Gasteiger partial charge in [0.25, 0.3) is 0 Å². The molecule has 1 aromatic rings. The van der Waals surface area contributed by atoms with E-state index in [2.05, 4.69) is 24.1 Å². The van der Waals surface area contributed by atoms with E-state index >= 15 is 0 Å². The molecule has 0 aliphatic carbocycles. The number of likely N-dealkylation sites (tertiary alicyclic amines) is 1. The molecule has 1 N–H and O–H groups in total. The van der Waals surface area contributed by atoms with Crippen molar-refractivity contribution in [2.45, 2.75) is 104 Å². The SMILES string of the molecule is CCOC(=O)C1CC(C(=O)OC(C)(C)C)N(Cc2ccccc2)C1C(CC(CC)CC)NC(C)=O. The van der Waals surface area contributed by atoms with E-state index in [1.54, 1.807) is 6.92 Å². The molecule has 4 atom stereocenters. The van der Waals surface area contributed by atoms with Crippen LogP contribution < -0.4 is 5.32 Å². The number of carbonyl (C=O) groups is 3. The van der Waals surface area contributed by atoms with E-state index in [0.29, 0.717) is 18.9 Å². The average Bonchev–Trinajstić information content (AvgIpc) is 3.15. The van der Waals surface area contributed by atoms with Crippen LogP contribution in [0.1, 0.15) is 79.7 Å². The molecule has 0 radical (unpaired) electrons. The minimum atomic E-state index is -0.653. The second kappa shape index (κ2) is 13.1. The van der Waals surface area contributed by atoms with E-state index in [1.165, 1.54) is 6.92 Å². The molecule has 196 valence electrons. The van der Waals surface area contributed by atoms with Crippen molar-refractivity contribution in [1.29, 1.82) is 0 Å². The van der Waals surface area contributed by atoms with Crippen LogP contribution in [0.2, 0.25) is 0 Å². The minimum absolute atomic E-state index is 0.149. The Labute approximate surface area is 210 Å². The second-order valence-electron chi connectivity index (χ2n) is 10.5. The molecule has 7 nitrogen and oxygen atoms in total. The molecular formula is C28H44N2O5. The molecule has 0 aromatic heterocycles. The van der Waals surface area contributed by atoms with Gasteiger partial charge in [-0.3, -0.25) is 19.3 Å². The van der Waals surface area contributed by atoms with Crippen molar-refractivity contribution in [1.82, 2.24) is 10.2 Å². The molecule has 7 heteroatoms. The van der Waals surface area contributed by atoms with Crippen LogP contribution in [0.5, 0.6) is 0 Å². The van der Waals surface area contributed by atoms with Gasteiger partial charge in [0, 0.05) is 25.6 Å². The number of nitrogens with zero attached hydrogens (tertiary/aromatic N) is 1. The summed E-state index contributed by atoms with van der Waals surface area (Å²) in [6.45, 7) is 13.8. The van der Waals surface area contributed by atoms with Crippen LogP contribution in [0.4, 0.5) is 0 Å². The smallest absolute Gasteiger partial charge is 0.323 e. The maximum absolute atomic E-state index is 13.4. The molecule has 4 unspecified atom stereocenters. The summed E-state index contributed by atoms with van der Waals surface area (Å²) in [7, 11) is 0. The monoisotopic (exact) mass is 488 g/mol. The van der Waals surface area contributed by atoms with Crippen molar-refractivity contribution in [3.63, 3.8) is 0 Å². The number of hydrogen-bond acceptors (Lipinski definition) is 6. The average molecular weight is 489 g/mol. The first-order chi connectivity index (χ1) is 16.5. The van der Waals surface area contributed by atoms with Gasteiger partial charge in [0.1, 0.15) is 11.6 Å². The fourth-order valence-electron chi connectivity index (χ4n) is 5.09. The lowest BCUT2D eigenvalue weighted by molar-refractivity contribution is -0.161. The topological polar surface area (TPSA) is 84.9 Å². The number of rotatable bonds is 11. The lowest BCUT2D eigenvalue weighted by Gasteiger charge is -2.38. The zero-order valence-corrected chi connectivity index (χ0v) is 22.5. The summed E-state index contributed by atoms with van der Waals surface area (Å²) in [4.78, 5) is 41.0. The van der Waals surface area contributed by atoms with Gasteiger partial charge in [0.15, 0.2) is 0 Å². The third kappa shape index (κ3) is 8.34. The Bertz CT molecular complexity index is 831. The molecule has 35 heavy (non-hydrogen) atoms. The van der Waals surface area contributed by atoms with Gasteiger partial charge in [-0.2, -0.15) is 0 Å². The lowest BCUT2D eigenvalue weighted by atomic mass is 9.85. The zero-order valence-electron chi connectivity index (χ0n) is 22.5. The van der Waals surface area contributed by atoms with Crippen LogP contribution in [-0.4, -0.2) is 53.1 Å². The summed E-state index contributed by atoms with van der Waals surface area (Å²) < 4.78 is 11.3. The molecule has 1 aliphatic rings. The van der Waals surface area contributed by atoms with E-state index in [1.807, 2.05) is 51.1 Å². The molecule has 1 aromatic carbocycles. The number of benzene rings is 1. The van der Waals surface area contributed by atoms with E-state index < -0.39 is 23.6 Å². The first-order valence-electron chi connectivity index (χ1n) is 13.0. The van der Waals surface area contributed by atoms with E-state index in [4.69, 9.17) is 9.47 Å². The van der Waals surface area contributed by atoms with Crippen molar-refractivity contribution in [3.8, 4) is 0 Å². The van der Waals surface area contributed by atoms with Gasteiger partial charge in [-0.05, 0) is 52.0 Å². The summed E-state index contributed by atoms with van der Waals surface area (Å²) in [6.07, 6.45) is 2.96. The molecule has 0 bridgehead atoms. The highest BCUT2D eigenvalue weighted by atomic mass is 16.6. The minimum Gasteiger partial charge on any atom is -0.466 e. The third-order valence-corrected chi connectivity index (χ3v) is 6.69. The summed E-state index contributed by atoms with van der Waals surface area (Å²) in [5.74, 6) is -1.00. The number of esters is 2. The van der Waals surface area contributed by atoms with Gasteiger partial charge in [-0.1, -0.05) is 57.0 Å². The number of ether oxygens (including phenoxy) is 2. The fraction of sp³-hybridized carbons (Fsp3) is 0.679. The standard InChI is InChI=1S/C28H44N2O5/c1-8-20(9-2)16-23(29-19(4)31)25-22(26(32)34-10-3)17-24(27(33)35-28(5,6)7)30(25)18-21-14-12-11-13-15-21/h11-15,20,22-25H,8-10,16-18H2,1-7H3,(H,29,31). The molecule has 2 rings (SSSR count). The van der Waals surface area contributed by atoms with Crippen molar-refractivity contribution in [2.24, 2.45) is 11.8 Å². The van der Waals surface area contributed by atoms with Gasteiger partial charge in [0.2, 0.25) is 5.91 Å². The Hall–Kier alpha value is -2.41. The predicted octanol–water partition coefficient (Wildman–Crippen LogP) is 4.48. The molecule has 1 aliphatic heterocycles. The molecule has 1 heterocycles. The highest BCUT2D eigenvalue weighted by molar-refractivity contribution is 5.81. The molecule has 1 fully saturated rings. The normalized spacial score (nSPS) is 21.5. The highest BCUT2D eigenvalue weighted by Gasteiger charge is 2.52. The van der Waals surface area contributed by atoms with Crippen LogP contribution in [-0.2, 0) is 30.4 Å². The van der Waals surface area contributed by atoms with E-state index in [0.717, 1.165) is 24.8 Å². The third-order valence-electron chi connectivity index (χ3n) is 6.69. The number of amides is 1. The van der Waals surface area contributed by atoms with Crippen LogP contribution in [0.25, 0.3) is 0 Å². The van der Waals surface area contributed by atoms with Crippen molar-refractivity contribution >= 4 is 17.8 Å². The molecule has 1 amide bonds. The number of nitrogens with one attached hydrogen (secondary N) is 1. The summed E-state index contributed by atoms with van der Waals surface area (Å²) in [5, 5.41) is 3.13. The second-order valence-corrected chi connectivity index (χ2v) is 10.5. The van der Waals surface area contributed by atoms with Crippen molar-refractivity contribution in [2.75, 3.05) is 6.61 Å². The first-order valence-corrected chi connectivity index (χ1v) is 13.0. The van der Waals surface area contributed by atoms with Crippen molar-refractivity contribution in [3.05, 3.63) is 35.9 Å². The van der Waals surface area contributed by atoms with Gasteiger partial charge in [0.05, 0.1) is 12.5 Å². The first kappa shape index (κ1) is 28.8. The van der Waals surface area contributed by atoms with Crippen molar-refractivity contribution < 1.29 is 23.9 Å². The number of carbonyl (C=O) groups excluding carboxylic acids is 3. The maximum Gasteiger partial charge on any atom is 0.323 e. The van der Waals surface area contributed by atoms with Gasteiger partial charge >= 0.3 is 11.9 Å². The highest BCUT2D eigenvalue weighted by Crippen LogP contribution is 2.38. The maximum atomic E-state index is 13.4. The number of hydrogen-bond donors (Lipinski definition) is 1. The Kier molecular flexibility index (Phi) is 10.7. The Morgan fingerprint density at radius 3 is 2.20 bits per heavy atom. The molecule has 0 saturated carbocycles. The van der Waals surface area contributed by atoms with E-state index in [-0.39, 0.29) is 30.5 Å². The Morgan fingerprint density at radius 1 is 1.06 bits per heavy atom. The quantitative estimate of drug-likeness (QED) is 0.462. The zero-order chi connectivity index (χ0) is 26.2. The molecular weight excluding hydrogens is 444 g/mol. The van der Waals surface area contributed by atoms with Crippen LogP contribution in [0, 0.1) is 11.8 Å². The molecule has 1 saturated heterocycles. The lowest BCUT2D eigenvalue weighted by Crippen LogP contribution is -2.55.